The third-order valence-electron chi connectivity index (χ3n) is 3.31. The lowest BCUT2D eigenvalue weighted by molar-refractivity contribution is 0.601. The third-order valence-corrected chi connectivity index (χ3v) is 4.73. The van der Waals surface area contributed by atoms with Crippen molar-refractivity contribution >= 4 is 31.9 Å². The van der Waals surface area contributed by atoms with E-state index in [4.69, 9.17) is 0 Å². The molecule has 0 aliphatic carbocycles. The molecule has 2 aromatic rings. The molecule has 19 heavy (non-hydrogen) atoms. The molecule has 0 N–H and O–H groups in total. The molecule has 0 aliphatic rings. The molecule has 0 aromatic heterocycles. The first-order chi connectivity index (χ1) is 8.99. The molecule has 0 bridgehead atoms. The van der Waals surface area contributed by atoms with Crippen molar-refractivity contribution in [3.63, 3.8) is 0 Å². The van der Waals surface area contributed by atoms with Crippen LogP contribution in [0.25, 0.3) is 0 Å². The average molecular weight is 386 g/mol. The molecule has 2 rings (SSSR count). The molecule has 0 amide bonds. The first-order valence-electron chi connectivity index (χ1n) is 6.13. The molecular weight excluding hydrogens is 371 g/mol. The molecule has 100 valence electrons. The van der Waals surface area contributed by atoms with Crippen LogP contribution >= 0.6 is 31.9 Å². The van der Waals surface area contributed by atoms with Gasteiger partial charge in [-0.3, -0.25) is 0 Å². The highest BCUT2D eigenvalue weighted by Gasteiger charge is 2.15. The SMILES string of the molecule is Cc1ccc(CC(Br)c2cccc(Br)c2F)cc1C. The summed E-state index contributed by atoms with van der Waals surface area (Å²) in [6.45, 7) is 4.19. The van der Waals surface area contributed by atoms with E-state index in [-0.39, 0.29) is 10.6 Å². The number of halogens is 3. The monoisotopic (exact) mass is 384 g/mol. The summed E-state index contributed by atoms with van der Waals surface area (Å²) in [7, 11) is 0. The van der Waals surface area contributed by atoms with Crippen LogP contribution < -0.4 is 0 Å². The first-order valence-corrected chi connectivity index (χ1v) is 7.84. The lowest BCUT2D eigenvalue weighted by atomic mass is 10.0. The maximum atomic E-state index is 14.0. The van der Waals surface area contributed by atoms with Gasteiger partial charge in [-0.25, -0.2) is 4.39 Å². The number of aryl methyl sites for hydroxylation is 2. The van der Waals surface area contributed by atoms with Crippen LogP contribution in [0.5, 0.6) is 0 Å². The fourth-order valence-electron chi connectivity index (χ4n) is 2.01. The Kier molecular flexibility index (Phi) is 4.80. The Morgan fingerprint density at radius 1 is 1.11 bits per heavy atom. The van der Waals surface area contributed by atoms with E-state index in [9.17, 15) is 4.39 Å². The number of rotatable bonds is 3. The molecule has 0 heterocycles. The summed E-state index contributed by atoms with van der Waals surface area (Å²) in [5.74, 6) is -0.187. The van der Waals surface area contributed by atoms with Crippen molar-refractivity contribution in [1.82, 2.24) is 0 Å². The Labute approximate surface area is 130 Å². The second-order valence-corrected chi connectivity index (χ2v) is 6.69. The van der Waals surface area contributed by atoms with Crippen molar-refractivity contribution in [3.8, 4) is 0 Å². The molecule has 1 atom stereocenters. The minimum atomic E-state index is -0.187. The van der Waals surface area contributed by atoms with E-state index < -0.39 is 0 Å². The molecule has 0 spiro atoms. The predicted molar refractivity (Wildman–Crippen MR) is 85.4 cm³/mol. The zero-order valence-corrected chi connectivity index (χ0v) is 14.1. The Hall–Kier alpha value is -0.670. The van der Waals surface area contributed by atoms with E-state index in [0.29, 0.717) is 10.0 Å². The summed E-state index contributed by atoms with van der Waals surface area (Å²) >= 11 is 6.82. The van der Waals surface area contributed by atoms with Crippen LogP contribution in [0.2, 0.25) is 0 Å². The van der Waals surface area contributed by atoms with E-state index in [1.165, 1.54) is 16.7 Å². The van der Waals surface area contributed by atoms with Gasteiger partial charge in [-0.05, 0) is 59.0 Å². The minimum Gasteiger partial charge on any atom is -0.205 e. The standard InChI is InChI=1S/C16H15Br2F/c1-10-6-7-12(8-11(10)2)9-15(18)13-4-3-5-14(17)16(13)19/h3-8,15H,9H2,1-2H3. The van der Waals surface area contributed by atoms with Crippen LogP contribution in [0.1, 0.15) is 27.1 Å². The van der Waals surface area contributed by atoms with Gasteiger partial charge in [0.15, 0.2) is 0 Å². The quantitative estimate of drug-likeness (QED) is 0.578. The molecular formula is C16H15Br2F. The second kappa shape index (κ2) is 6.19. The predicted octanol–water partition coefficient (Wildman–Crippen LogP) is 5.88. The van der Waals surface area contributed by atoms with Crippen molar-refractivity contribution in [2.45, 2.75) is 25.1 Å². The van der Waals surface area contributed by atoms with Crippen molar-refractivity contribution < 1.29 is 4.39 Å². The largest absolute Gasteiger partial charge is 0.205 e. The van der Waals surface area contributed by atoms with E-state index in [2.05, 4.69) is 63.9 Å². The molecule has 0 aliphatic heterocycles. The van der Waals surface area contributed by atoms with Crippen LogP contribution in [-0.4, -0.2) is 0 Å². The van der Waals surface area contributed by atoms with Gasteiger partial charge in [-0.1, -0.05) is 46.3 Å². The van der Waals surface area contributed by atoms with Gasteiger partial charge in [-0.2, -0.15) is 0 Å². The van der Waals surface area contributed by atoms with Gasteiger partial charge in [0.05, 0.1) is 4.47 Å². The van der Waals surface area contributed by atoms with Crippen molar-refractivity contribution in [1.29, 1.82) is 0 Å². The van der Waals surface area contributed by atoms with Gasteiger partial charge in [0, 0.05) is 10.4 Å². The molecule has 0 fully saturated rings. The lowest BCUT2D eigenvalue weighted by Gasteiger charge is -2.13. The number of benzene rings is 2. The van der Waals surface area contributed by atoms with Crippen LogP contribution in [0.15, 0.2) is 40.9 Å². The molecule has 0 saturated carbocycles. The Bertz CT molecular complexity index is 593. The smallest absolute Gasteiger partial charge is 0.141 e. The molecule has 0 radical (unpaired) electrons. The van der Waals surface area contributed by atoms with Gasteiger partial charge >= 0.3 is 0 Å². The molecule has 3 heteroatoms. The first kappa shape index (κ1) is 14.7. The fourth-order valence-corrected chi connectivity index (χ4v) is 3.12. The van der Waals surface area contributed by atoms with E-state index in [0.717, 1.165) is 6.42 Å². The normalized spacial score (nSPS) is 12.5. The van der Waals surface area contributed by atoms with Crippen molar-refractivity contribution in [3.05, 3.63) is 68.9 Å². The van der Waals surface area contributed by atoms with E-state index in [1.807, 2.05) is 12.1 Å². The maximum Gasteiger partial charge on any atom is 0.141 e. The average Bonchev–Trinajstić information content (AvgIpc) is 2.37. The highest BCUT2D eigenvalue weighted by Crippen LogP contribution is 2.32. The molecule has 2 aromatic carbocycles. The van der Waals surface area contributed by atoms with Gasteiger partial charge in [-0.15, -0.1) is 0 Å². The summed E-state index contributed by atoms with van der Waals surface area (Å²) < 4.78 is 14.5. The fraction of sp³-hybridized carbons (Fsp3) is 0.250. The molecule has 0 nitrogen and oxygen atoms in total. The van der Waals surface area contributed by atoms with Crippen LogP contribution in [-0.2, 0) is 6.42 Å². The lowest BCUT2D eigenvalue weighted by Crippen LogP contribution is -2.00. The Balaban J connectivity index is 2.23. The number of alkyl halides is 1. The van der Waals surface area contributed by atoms with Gasteiger partial charge in [0.2, 0.25) is 0 Å². The van der Waals surface area contributed by atoms with Crippen LogP contribution in [0.3, 0.4) is 0 Å². The van der Waals surface area contributed by atoms with Gasteiger partial charge in [0.25, 0.3) is 0 Å². The van der Waals surface area contributed by atoms with Crippen molar-refractivity contribution in [2.24, 2.45) is 0 Å². The topological polar surface area (TPSA) is 0 Å². The van der Waals surface area contributed by atoms with Crippen LogP contribution in [0.4, 0.5) is 4.39 Å². The second-order valence-electron chi connectivity index (χ2n) is 4.73. The summed E-state index contributed by atoms with van der Waals surface area (Å²) in [5.41, 5.74) is 4.45. The summed E-state index contributed by atoms with van der Waals surface area (Å²) in [4.78, 5) is -0.0212. The van der Waals surface area contributed by atoms with Crippen LogP contribution in [0, 0.1) is 19.7 Å². The molecule has 0 saturated heterocycles. The zero-order chi connectivity index (χ0) is 14.0. The Morgan fingerprint density at radius 3 is 2.53 bits per heavy atom. The zero-order valence-electron chi connectivity index (χ0n) is 10.9. The van der Waals surface area contributed by atoms with E-state index in [1.54, 1.807) is 6.07 Å². The molecule has 1 unspecified atom stereocenters. The minimum absolute atomic E-state index is 0.0212. The maximum absolute atomic E-state index is 14.0. The number of hydrogen-bond donors (Lipinski definition) is 0. The summed E-state index contributed by atoms with van der Waals surface area (Å²) in [5, 5.41) is 0. The Morgan fingerprint density at radius 2 is 1.84 bits per heavy atom. The number of hydrogen-bond acceptors (Lipinski definition) is 0. The summed E-state index contributed by atoms with van der Waals surface area (Å²) in [6.07, 6.45) is 0.772. The highest BCUT2D eigenvalue weighted by atomic mass is 79.9. The summed E-state index contributed by atoms with van der Waals surface area (Å²) in [6, 6.07) is 11.8. The third kappa shape index (κ3) is 3.46. The van der Waals surface area contributed by atoms with E-state index >= 15 is 0 Å². The van der Waals surface area contributed by atoms with Crippen molar-refractivity contribution in [2.75, 3.05) is 0 Å². The highest BCUT2D eigenvalue weighted by molar-refractivity contribution is 9.10. The van der Waals surface area contributed by atoms with Gasteiger partial charge < -0.3 is 0 Å². The van der Waals surface area contributed by atoms with Gasteiger partial charge in [0.1, 0.15) is 5.82 Å².